The minimum Gasteiger partial charge on any atom is -0.484 e. The summed E-state index contributed by atoms with van der Waals surface area (Å²) in [4.78, 5) is 13.6. The topological polar surface area (TPSA) is 49.8 Å². The minimum atomic E-state index is -0.465. The van der Waals surface area contributed by atoms with E-state index < -0.39 is 6.10 Å². The van der Waals surface area contributed by atoms with E-state index in [9.17, 15) is 9.90 Å². The summed E-state index contributed by atoms with van der Waals surface area (Å²) in [5.41, 5.74) is 0. The molecule has 110 valence electrons. The molecule has 20 heavy (non-hydrogen) atoms. The van der Waals surface area contributed by atoms with Gasteiger partial charge in [-0.1, -0.05) is 30.1 Å². The number of halogens is 2. The fourth-order valence-electron chi connectivity index (χ4n) is 2.12. The van der Waals surface area contributed by atoms with E-state index in [-0.39, 0.29) is 18.4 Å². The van der Waals surface area contributed by atoms with Crippen LogP contribution >= 0.6 is 23.2 Å². The number of likely N-dealkylation sites (tertiary alicyclic amines) is 1. The van der Waals surface area contributed by atoms with Crippen molar-refractivity contribution < 1.29 is 14.6 Å². The van der Waals surface area contributed by atoms with Crippen LogP contribution in [-0.2, 0) is 4.79 Å². The maximum Gasteiger partial charge on any atom is 0.260 e. The van der Waals surface area contributed by atoms with Gasteiger partial charge in [0.05, 0.1) is 6.10 Å². The van der Waals surface area contributed by atoms with Gasteiger partial charge < -0.3 is 14.7 Å². The number of ether oxygens (including phenoxy) is 1. The lowest BCUT2D eigenvalue weighted by molar-refractivity contribution is -0.137. The molecule has 1 N–H and O–H groups in total. The Morgan fingerprint density at radius 3 is 2.65 bits per heavy atom. The van der Waals surface area contributed by atoms with Crippen LogP contribution in [0.2, 0.25) is 10.0 Å². The highest BCUT2D eigenvalue weighted by Gasteiger charge is 2.27. The van der Waals surface area contributed by atoms with Crippen LogP contribution in [-0.4, -0.2) is 41.7 Å². The Balaban J connectivity index is 1.89. The predicted octanol–water partition coefficient (Wildman–Crippen LogP) is 2.60. The van der Waals surface area contributed by atoms with Crippen LogP contribution in [0, 0.1) is 5.92 Å². The normalized spacial score (nSPS) is 22.7. The molecule has 1 aromatic rings. The minimum absolute atomic E-state index is 0.0855. The highest BCUT2D eigenvalue weighted by atomic mass is 35.5. The van der Waals surface area contributed by atoms with Crippen LogP contribution in [0.1, 0.15) is 13.3 Å². The smallest absolute Gasteiger partial charge is 0.260 e. The molecule has 0 aliphatic carbocycles. The Morgan fingerprint density at radius 2 is 2.05 bits per heavy atom. The van der Waals surface area contributed by atoms with Gasteiger partial charge in [-0.3, -0.25) is 4.79 Å². The SMILES string of the molecule is CC1CCN(C(=O)COc2cc(Cl)cc(Cl)c2)CC1O. The molecule has 1 saturated heterocycles. The first-order valence-corrected chi connectivity index (χ1v) is 7.26. The molecule has 0 aromatic heterocycles. The standard InChI is InChI=1S/C14H17Cl2NO3/c1-9-2-3-17(7-13(9)18)14(19)8-20-12-5-10(15)4-11(16)6-12/h4-6,9,13,18H,2-3,7-8H2,1H3. The van der Waals surface area contributed by atoms with Gasteiger partial charge in [0.15, 0.2) is 6.61 Å². The van der Waals surface area contributed by atoms with Crippen LogP contribution in [0.3, 0.4) is 0 Å². The molecule has 1 amide bonds. The molecule has 2 atom stereocenters. The highest BCUT2D eigenvalue weighted by molar-refractivity contribution is 6.34. The first-order valence-electron chi connectivity index (χ1n) is 6.50. The van der Waals surface area contributed by atoms with E-state index >= 15 is 0 Å². The van der Waals surface area contributed by atoms with E-state index in [1.54, 1.807) is 23.1 Å². The van der Waals surface area contributed by atoms with E-state index in [0.717, 1.165) is 6.42 Å². The van der Waals surface area contributed by atoms with Crippen molar-refractivity contribution in [2.45, 2.75) is 19.4 Å². The average Bonchev–Trinajstić information content (AvgIpc) is 2.38. The third kappa shape index (κ3) is 4.01. The zero-order valence-corrected chi connectivity index (χ0v) is 12.7. The number of aliphatic hydroxyl groups is 1. The first-order chi connectivity index (χ1) is 9.45. The van der Waals surface area contributed by atoms with Gasteiger partial charge in [0.2, 0.25) is 0 Å². The number of nitrogens with zero attached hydrogens (tertiary/aromatic N) is 1. The molecule has 0 radical (unpaired) electrons. The number of carbonyl (C=O) groups is 1. The maximum atomic E-state index is 12.0. The zero-order valence-electron chi connectivity index (χ0n) is 11.2. The lowest BCUT2D eigenvalue weighted by Crippen LogP contribution is -2.47. The number of hydrogen-bond donors (Lipinski definition) is 1. The summed E-state index contributed by atoms with van der Waals surface area (Å²) in [6.07, 6.45) is 0.337. The molecule has 1 aliphatic heterocycles. The van der Waals surface area contributed by atoms with Gasteiger partial charge in [0.25, 0.3) is 5.91 Å². The third-order valence-corrected chi connectivity index (χ3v) is 3.91. The Hall–Kier alpha value is -0.970. The number of rotatable bonds is 3. The summed E-state index contributed by atoms with van der Waals surface area (Å²) in [5, 5.41) is 10.7. The number of benzene rings is 1. The van der Waals surface area contributed by atoms with Crippen molar-refractivity contribution >= 4 is 29.1 Å². The summed E-state index contributed by atoms with van der Waals surface area (Å²) >= 11 is 11.7. The molecule has 0 spiro atoms. The summed E-state index contributed by atoms with van der Waals surface area (Å²) in [6.45, 7) is 2.91. The van der Waals surface area contributed by atoms with Crippen LogP contribution in [0.15, 0.2) is 18.2 Å². The van der Waals surface area contributed by atoms with Crippen molar-refractivity contribution in [1.82, 2.24) is 4.90 Å². The number of aliphatic hydroxyl groups excluding tert-OH is 1. The number of carbonyl (C=O) groups excluding carboxylic acids is 1. The van der Waals surface area contributed by atoms with E-state index in [2.05, 4.69) is 0 Å². The largest absolute Gasteiger partial charge is 0.484 e. The van der Waals surface area contributed by atoms with Crippen LogP contribution < -0.4 is 4.74 Å². The summed E-state index contributed by atoms with van der Waals surface area (Å²) in [5.74, 6) is 0.542. The molecule has 4 nitrogen and oxygen atoms in total. The van der Waals surface area contributed by atoms with Gasteiger partial charge in [-0.05, 0) is 30.5 Å². The van der Waals surface area contributed by atoms with Crippen molar-refractivity contribution in [3.8, 4) is 5.75 Å². The predicted molar refractivity (Wildman–Crippen MR) is 78.3 cm³/mol. The number of piperidine rings is 1. The summed E-state index contributed by atoms with van der Waals surface area (Å²) in [7, 11) is 0. The van der Waals surface area contributed by atoms with Gasteiger partial charge in [0, 0.05) is 23.1 Å². The zero-order chi connectivity index (χ0) is 14.7. The molecule has 6 heteroatoms. The maximum absolute atomic E-state index is 12.0. The van der Waals surface area contributed by atoms with Crippen molar-refractivity contribution in [2.24, 2.45) is 5.92 Å². The lowest BCUT2D eigenvalue weighted by Gasteiger charge is -2.34. The van der Waals surface area contributed by atoms with E-state index in [1.807, 2.05) is 6.92 Å². The number of hydrogen-bond acceptors (Lipinski definition) is 3. The molecule has 1 aliphatic rings. The van der Waals surface area contributed by atoms with Crippen molar-refractivity contribution in [2.75, 3.05) is 19.7 Å². The Morgan fingerprint density at radius 1 is 1.40 bits per heavy atom. The fourth-order valence-corrected chi connectivity index (χ4v) is 2.63. The van der Waals surface area contributed by atoms with Gasteiger partial charge in [-0.15, -0.1) is 0 Å². The quantitative estimate of drug-likeness (QED) is 0.932. The third-order valence-electron chi connectivity index (χ3n) is 3.47. The first kappa shape index (κ1) is 15.4. The van der Waals surface area contributed by atoms with Gasteiger partial charge in [-0.25, -0.2) is 0 Å². The lowest BCUT2D eigenvalue weighted by atomic mass is 9.96. The Bertz CT molecular complexity index is 475. The second-order valence-electron chi connectivity index (χ2n) is 5.07. The van der Waals surface area contributed by atoms with Crippen molar-refractivity contribution in [3.05, 3.63) is 28.2 Å². The second-order valence-corrected chi connectivity index (χ2v) is 5.94. The monoisotopic (exact) mass is 317 g/mol. The Labute approximate surface area is 128 Å². The van der Waals surface area contributed by atoms with Crippen LogP contribution in [0.4, 0.5) is 0 Å². The summed E-state index contributed by atoms with van der Waals surface area (Å²) in [6, 6.07) is 4.81. The van der Waals surface area contributed by atoms with Crippen LogP contribution in [0.5, 0.6) is 5.75 Å². The van der Waals surface area contributed by atoms with E-state index in [4.69, 9.17) is 27.9 Å². The number of amides is 1. The van der Waals surface area contributed by atoms with Crippen molar-refractivity contribution in [3.63, 3.8) is 0 Å². The fraction of sp³-hybridized carbons (Fsp3) is 0.500. The second kappa shape index (κ2) is 6.66. The van der Waals surface area contributed by atoms with Crippen LogP contribution in [0.25, 0.3) is 0 Å². The number of β-amino-alcohol motifs (C(OH)–C–C–N with tert-alkyl or cyclic N) is 1. The highest BCUT2D eigenvalue weighted by Crippen LogP contribution is 2.24. The summed E-state index contributed by atoms with van der Waals surface area (Å²) < 4.78 is 5.40. The molecule has 2 unspecified atom stereocenters. The molecule has 1 fully saturated rings. The van der Waals surface area contributed by atoms with Gasteiger partial charge in [-0.2, -0.15) is 0 Å². The Kier molecular flexibility index (Phi) is 5.13. The van der Waals surface area contributed by atoms with Gasteiger partial charge >= 0.3 is 0 Å². The molecule has 2 rings (SSSR count). The average molecular weight is 318 g/mol. The van der Waals surface area contributed by atoms with Crippen molar-refractivity contribution in [1.29, 1.82) is 0 Å². The molecular weight excluding hydrogens is 301 g/mol. The molecule has 1 heterocycles. The molecule has 0 saturated carbocycles. The molecule has 1 aromatic carbocycles. The van der Waals surface area contributed by atoms with E-state index in [0.29, 0.717) is 28.9 Å². The molecule has 0 bridgehead atoms. The van der Waals surface area contributed by atoms with Gasteiger partial charge in [0.1, 0.15) is 5.75 Å². The molecular formula is C14H17Cl2NO3. The van der Waals surface area contributed by atoms with E-state index in [1.165, 1.54) is 0 Å².